The average Bonchev–Trinajstić information content (AvgIpc) is 2.53. The lowest BCUT2D eigenvalue weighted by molar-refractivity contribution is -0.149. The third kappa shape index (κ3) is 9.08. The molecule has 1 rings (SSSR count). The lowest BCUT2D eigenvalue weighted by Crippen LogP contribution is -2.46. The van der Waals surface area contributed by atoms with Crippen molar-refractivity contribution in [2.24, 2.45) is 16.8 Å². The van der Waals surface area contributed by atoms with Gasteiger partial charge in [-0.05, 0) is 39.0 Å². The Morgan fingerprint density at radius 1 is 1.25 bits per heavy atom. The van der Waals surface area contributed by atoms with Crippen molar-refractivity contribution in [2.45, 2.75) is 59.8 Å². The minimum Gasteiger partial charge on any atom is -0.466 e. The van der Waals surface area contributed by atoms with E-state index in [1.54, 1.807) is 0 Å². The first kappa shape index (κ1) is 23.5. The fraction of sp³-hybridized carbons (Fsp3) is 0.889. The second kappa shape index (κ2) is 13.7. The molecular weight excluding hydrogens is 417 g/mol. The molecule has 0 radical (unpaired) electrons. The van der Waals surface area contributed by atoms with Crippen LogP contribution in [-0.2, 0) is 9.53 Å². The minimum atomic E-state index is -0.0391. The summed E-state index contributed by atoms with van der Waals surface area (Å²) in [7, 11) is 0. The van der Waals surface area contributed by atoms with Gasteiger partial charge in [0, 0.05) is 26.2 Å². The quantitative estimate of drug-likeness (QED) is 0.200. The molecule has 0 saturated carbocycles. The second-order valence-corrected chi connectivity index (χ2v) is 6.64. The van der Waals surface area contributed by atoms with Crippen LogP contribution in [0.25, 0.3) is 0 Å². The molecule has 6 heteroatoms. The van der Waals surface area contributed by atoms with Gasteiger partial charge >= 0.3 is 5.97 Å². The van der Waals surface area contributed by atoms with Crippen LogP contribution in [-0.4, -0.2) is 49.6 Å². The number of piperidine rings is 1. The summed E-state index contributed by atoms with van der Waals surface area (Å²) in [5.41, 5.74) is 0. The number of rotatable bonds is 8. The van der Waals surface area contributed by atoms with Crippen LogP contribution in [0.15, 0.2) is 4.99 Å². The van der Waals surface area contributed by atoms with Gasteiger partial charge in [-0.3, -0.25) is 9.79 Å². The summed E-state index contributed by atoms with van der Waals surface area (Å²) in [5, 5.41) is 3.38. The molecule has 1 aliphatic rings. The molecule has 0 amide bonds. The van der Waals surface area contributed by atoms with Crippen LogP contribution in [0, 0.1) is 11.8 Å². The number of hydrogen-bond donors (Lipinski definition) is 1. The first-order valence-electron chi connectivity index (χ1n) is 9.28. The first-order chi connectivity index (χ1) is 11.1. The van der Waals surface area contributed by atoms with Gasteiger partial charge in [-0.25, -0.2) is 0 Å². The van der Waals surface area contributed by atoms with Gasteiger partial charge in [-0.2, -0.15) is 0 Å². The smallest absolute Gasteiger partial charge is 0.309 e. The molecule has 0 aliphatic carbocycles. The zero-order chi connectivity index (χ0) is 17.1. The van der Waals surface area contributed by atoms with Crippen molar-refractivity contribution in [1.29, 1.82) is 0 Å². The fourth-order valence-electron chi connectivity index (χ4n) is 2.86. The van der Waals surface area contributed by atoms with E-state index in [4.69, 9.17) is 9.73 Å². The molecule has 1 saturated heterocycles. The molecule has 0 spiro atoms. The Morgan fingerprint density at radius 2 is 1.92 bits per heavy atom. The van der Waals surface area contributed by atoms with Crippen molar-refractivity contribution in [1.82, 2.24) is 10.2 Å². The SMILES string of the molecule is CCNC(=NCCCCC(C)C)N1CCC(C(=O)OCC)CC1.I. The normalized spacial score (nSPS) is 16.0. The first-order valence-corrected chi connectivity index (χ1v) is 9.28. The molecule has 0 aromatic heterocycles. The van der Waals surface area contributed by atoms with Crippen molar-refractivity contribution >= 4 is 35.9 Å². The van der Waals surface area contributed by atoms with E-state index in [2.05, 4.69) is 31.0 Å². The van der Waals surface area contributed by atoms with Gasteiger partial charge < -0.3 is 15.0 Å². The van der Waals surface area contributed by atoms with Gasteiger partial charge in [-0.1, -0.05) is 26.7 Å². The highest BCUT2D eigenvalue weighted by atomic mass is 127. The summed E-state index contributed by atoms with van der Waals surface area (Å²) >= 11 is 0. The number of halogens is 1. The standard InChI is InChI=1S/C18H35N3O2.HI/c1-5-19-18(20-12-8-7-9-15(3)4)21-13-10-16(11-14-21)17(22)23-6-2;/h15-16H,5-14H2,1-4H3,(H,19,20);1H. The van der Waals surface area contributed by atoms with Gasteiger partial charge in [-0.15, -0.1) is 24.0 Å². The highest BCUT2D eigenvalue weighted by Gasteiger charge is 2.27. The molecule has 0 bridgehead atoms. The number of carbonyl (C=O) groups excluding carboxylic acids is 1. The summed E-state index contributed by atoms with van der Waals surface area (Å²) < 4.78 is 5.13. The summed E-state index contributed by atoms with van der Waals surface area (Å²) in [5.74, 6) is 1.79. The van der Waals surface area contributed by atoms with E-state index in [0.717, 1.165) is 57.3 Å². The Labute approximate surface area is 165 Å². The number of nitrogens with one attached hydrogen (secondary N) is 1. The van der Waals surface area contributed by atoms with Crippen LogP contribution < -0.4 is 5.32 Å². The number of unbranched alkanes of at least 4 members (excludes halogenated alkanes) is 1. The van der Waals surface area contributed by atoms with Crippen LogP contribution in [0.4, 0.5) is 0 Å². The largest absolute Gasteiger partial charge is 0.466 e. The minimum absolute atomic E-state index is 0. The Morgan fingerprint density at radius 3 is 2.46 bits per heavy atom. The predicted molar refractivity (Wildman–Crippen MR) is 111 cm³/mol. The summed E-state index contributed by atoms with van der Waals surface area (Å²) in [6, 6.07) is 0. The number of hydrogen-bond acceptors (Lipinski definition) is 3. The van der Waals surface area contributed by atoms with Crippen LogP contribution in [0.1, 0.15) is 59.8 Å². The highest BCUT2D eigenvalue weighted by molar-refractivity contribution is 14.0. The molecule has 0 aromatic carbocycles. The highest BCUT2D eigenvalue weighted by Crippen LogP contribution is 2.18. The van der Waals surface area contributed by atoms with Crippen molar-refractivity contribution in [2.75, 3.05) is 32.8 Å². The average molecular weight is 453 g/mol. The molecule has 142 valence electrons. The van der Waals surface area contributed by atoms with Gasteiger partial charge in [0.05, 0.1) is 12.5 Å². The number of ether oxygens (including phenoxy) is 1. The number of aliphatic imine (C=N–C) groups is 1. The van der Waals surface area contributed by atoms with Crippen LogP contribution in [0.5, 0.6) is 0 Å². The Bertz CT molecular complexity index is 367. The fourth-order valence-corrected chi connectivity index (χ4v) is 2.86. The molecule has 0 atom stereocenters. The second-order valence-electron chi connectivity index (χ2n) is 6.64. The molecule has 5 nitrogen and oxygen atoms in total. The number of guanidine groups is 1. The lowest BCUT2D eigenvalue weighted by atomic mass is 9.97. The number of likely N-dealkylation sites (tertiary alicyclic amines) is 1. The van der Waals surface area contributed by atoms with E-state index in [1.165, 1.54) is 12.8 Å². The third-order valence-electron chi connectivity index (χ3n) is 4.20. The maximum absolute atomic E-state index is 11.8. The van der Waals surface area contributed by atoms with Gasteiger partial charge in [0.15, 0.2) is 5.96 Å². The van der Waals surface area contributed by atoms with Gasteiger partial charge in [0.1, 0.15) is 0 Å². The zero-order valence-corrected chi connectivity index (χ0v) is 18.2. The third-order valence-corrected chi connectivity index (χ3v) is 4.20. The zero-order valence-electron chi connectivity index (χ0n) is 15.8. The lowest BCUT2D eigenvalue weighted by Gasteiger charge is -2.33. The van der Waals surface area contributed by atoms with E-state index in [0.29, 0.717) is 6.61 Å². The van der Waals surface area contributed by atoms with Crippen LogP contribution >= 0.6 is 24.0 Å². The van der Waals surface area contributed by atoms with E-state index in [1.807, 2.05) is 6.92 Å². The van der Waals surface area contributed by atoms with Crippen molar-refractivity contribution < 1.29 is 9.53 Å². The van der Waals surface area contributed by atoms with E-state index in [9.17, 15) is 4.79 Å². The van der Waals surface area contributed by atoms with Crippen LogP contribution in [0.3, 0.4) is 0 Å². The van der Waals surface area contributed by atoms with Crippen molar-refractivity contribution in [3.05, 3.63) is 0 Å². The molecule has 1 fully saturated rings. The summed E-state index contributed by atoms with van der Waals surface area (Å²) in [6.07, 6.45) is 5.38. The maximum atomic E-state index is 11.8. The van der Waals surface area contributed by atoms with Gasteiger partial charge in [0.25, 0.3) is 0 Å². The van der Waals surface area contributed by atoms with Crippen molar-refractivity contribution in [3.63, 3.8) is 0 Å². The topological polar surface area (TPSA) is 53.9 Å². The van der Waals surface area contributed by atoms with E-state index >= 15 is 0 Å². The Kier molecular flexibility index (Phi) is 13.4. The monoisotopic (exact) mass is 453 g/mol. The molecule has 1 aliphatic heterocycles. The number of esters is 1. The number of nitrogens with zero attached hydrogens (tertiary/aromatic N) is 2. The molecule has 24 heavy (non-hydrogen) atoms. The van der Waals surface area contributed by atoms with E-state index in [-0.39, 0.29) is 35.9 Å². The predicted octanol–water partition coefficient (Wildman–Crippen LogP) is 3.67. The molecule has 1 heterocycles. The number of carbonyl (C=O) groups is 1. The van der Waals surface area contributed by atoms with Crippen LogP contribution in [0.2, 0.25) is 0 Å². The molecule has 0 aromatic rings. The molecular formula is C18H36IN3O2. The molecule has 1 N–H and O–H groups in total. The van der Waals surface area contributed by atoms with Gasteiger partial charge in [0.2, 0.25) is 0 Å². The Balaban J connectivity index is 0.00000529. The van der Waals surface area contributed by atoms with Crippen molar-refractivity contribution in [3.8, 4) is 0 Å². The summed E-state index contributed by atoms with van der Waals surface area (Å²) in [6.45, 7) is 12.5. The maximum Gasteiger partial charge on any atom is 0.309 e. The Hall–Kier alpha value is -0.530. The summed E-state index contributed by atoms with van der Waals surface area (Å²) in [4.78, 5) is 18.8. The molecule has 0 unspecified atom stereocenters. The van der Waals surface area contributed by atoms with E-state index < -0.39 is 0 Å².